The van der Waals surface area contributed by atoms with Gasteiger partial charge in [0.1, 0.15) is 51.8 Å². The Morgan fingerprint density at radius 3 is 1.86 bits per heavy atom. The van der Waals surface area contributed by atoms with E-state index in [2.05, 4.69) is 0 Å². The van der Waals surface area contributed by atoms with Gasteiger partial charge in [0, 0.05) is 18.2 Å². The molecule has 0 amide bonds. The molecule has 0 unspecified atom stereocenters. The first-order valence-corrected chi connectivity index (χ1v) is 19.8. The van der Waals surface area contributed by atoms with E-state index in [-0.39, 0.29) is 24.3 Å². The zero-order valence-electron chi connectivity index (χ0n) is 33.1. The largest absolute Gasteiger partial charge is 0.497 e. The quantitative estimate of drug-likeness (QED) is 0.0783. The van der Waals surface area contributed by atoms with E-state index >= 15 is 0 Å². The van der Waals surface area contributed by atoms with Crippen LogP contribution in [0.4, 0.5) is 4.79 Å². The predicted octanol–water partition coefficient (Wildman–Crippen LogP) is 5.83. The second kappa shape index (κ2) is 16.9. The number of hydrogen-bond donors (Lipinski definition) is 0. The fraction of sp³-hybridized carbons (Fsp3) is 0.310. The number of carbonyl (C=O) groups excluding carboxylic acids is 1. The molecule has 2 heterocycles. The molecule has 4 aromatic carbocycles. The molecule has 0 aliphatic carbocycles. The maximum atomic E-state index is 13.9. The fourth-order valence-corrected chi connectivity index (χ4v) is 7.40. The summed E-state index contributed by atoms with van der Waals surface area (Å²) in [6.07, 6.45) is -2.89. The first-order valence-electron chi connectivity index (χ1n) is 18.4. The Morgan fingerprint density at radius 2 is 1.36 bits per heavy atom. The molecule has 59 heavy (non-hydrogen) atoms. The Bertz CT molecular complexity index is 2480. The van der Waals surface area contributed by atoms with E-state index in [1.807, 2.05) is 78.9 Å². The van der Waals surface area contributed by atoms with E-state index in [4.69, 9.17) is 28.4 Å². The van der Waals surface area contributed by atoms with Gasteiger partial charge in [-0.15, -0.1) is 0 Å². The third-order valence-corrected chi connectivity index (χ3v) is 10.9. The van der Waals surface area contributed by atoms with Gasteiger partial charge in [-0.05, 0) is 92.9 Å². The second-order valence-corrected chi connectivity index (χ2v) is 16.3. The average Bonchev–Trinajstić information content (AvgIpc) is 3.61. The van der Waals surface area contributed by atoms with Crippen molar-refractivity contribution in [2.75, 3.05) is 20.8 Å². The monoisotopic (exact) mass is 829 g/mol. The summed E-state index contributed by atoms with van der Waals surface area (Å²) in [5.41, 5.74) is -1.92. The van der Waals surface area contributed by atoms with Crippen LogP contribution in [0.25, 0.3) is 0 Å². The van der Waals surface area contributed by atoms with E-state index in [1.54, 1.807) is 35.0 Å². The van der Waals surface area contributed by atoms with Crippen molar-refractivity contribution in [2.24, 2.45) is 0 Å². The van der Waals surface area contributed by atoms with Gasteiger partial charge in [-0.3, -0.25) is 9.36 Å². The molecule has 1 fully saturated rings. The Labute approximate surface area is 339 Å². The van der Waals surface area contributed by atoms with Gasteiger partial charge in [0.2, 0.25) is 0 Å². The molecule has 0 saturated carbocycles. The molecule has 5 aromatic rings. The van der Waals surface area contributed by atoms with Gasteiger partial charge < -0.3 is 28.4 Å². The van der Waals surface area contributed by atoms with E-state index in [0.29, 0.717) is 16.1 Å². The van der Waals surface area contributed by atoms with Crippen LogP contribution in [0.5, 0.6) is 17.2 Å². The van der Waals surface area contributed by atoms with E-state index in [9.17, 15) is 32.9 Å². The van der Waals surface area contributed by atoms with E-state index in [1.165, 1.54) is 25.3 Å². The van der Waals surface area contributed by atoms with Crippen LogP contribution >= 0.6 is 0 Å². The maximum absolute atomic E-state index is 13.9. The van der Waals surface area contributed by atoms with Gasteiger partial charge in [-0.2, -0.15) is 13.0 Å². The number of carbonyl (C=O) groups is 1. The van der Waals surface area contributed by atoms with Crippen LogP contribution in [0.15, 0.2) is 124 Å². The molecule has 17 heteroatoms. The minimum absolute atomic E-state index is 0.0295. The fourth-order valence-electron chi connectivity index (χ4n) is 6.75. The molecule has 6 rings (SSSR count). The highest BCUT2D eigenvalue weighted by molar-refractivity contribution is 7.85. The van der Waals surface area contributed by atoms with E-state index in [0.717, 1.165) is 33.4 Å². The predicted molar refractivity (Wildman–Crippen MR) is 213 cm³/mol. The third-order valence-electron chi connectivity index (χ3n) is 9.59. The summed E-state index contributed by atoms with van der Waals surface area (Å²) in [4.78, 5) is 50.9. The summed E-state index contributed by atoms with van der Waals surface area (Å²) in [6, 6.07) is 28.9. The topological polar surface area (TPSA) is 194 Å². The van der Waals surface area contributed by atoms with Crippen molar-refractivity contribution in [3.8, 4) is 17.2 Å². The van der Waals surface area contributed by atoms with Crippen molar-refractivity contribution in [2.45, 2.75) is 68.6 Å². The highest BCUT2D eigenvalue weighted by Gasteiger charge is 2.44. The molecule has 1 aliphatic heterocycles. The standard InChI is InChI=1S/C42H43N3O13S/c1-27-25-43(39(47)44(38(27)46)40(48)58-41(2,3)4)37-24-35(56-33-20-22-34(23-21-33)59(51,52)45(49)50)36(57-37)26-55-42(28-10-8-7-9-11-28,29-12-16-31(53-5)17-13-29)30-14-18-32(54-6)19-15-30/h7-23,25,35-37H,24,26H2,1-6H3/t35-,36+,37+/m0/s1. The first-order chi connectivity index (χ1) is 28.0. The Kier molecular flexibility index (Phi) is 12.1. The van der Waals surface area contributed by atoms with Gasteiger partial charge in [0.15, 0.2) is 4.33 Å². The highest BCUT2D eigenvalue weighted by atomic mass is 32.2. The lowest BCUT2D eigenvalue weighted by Crippen LogP contribution is -2.47. The van der Waals surface area contributed by atoms with Crippen molar-refractivity contribution in [1.82, 2.24) is 9.13 Å². The van der Waals surface area contributed by atoms with Crippen LogP contribution in [0.1, 0.15) is 55.7 Å². The van der Waals surface area contributed by atoms with Crippen molar-refractivity contribution in [3.05, 3.63) is 163 Å². The molecule has 310 valence electrons. The van der Waals surface area contributed by atoms with Crippen LogP contribution in [0.2, 0.25) is 0 Å². The molecule has 1 aliphatic rings. The highest BCUT2D eigenvalue weighted by Crippen LogP contribution is 2.43. The lowest BCUT2D eigenvalue weighted by molar-refractivity contribution is -0.305. The molecule has 0 spiro atoms. The zero-order chi connectivity index (χ0) is 42.7. The summed E-state index contributed by atoms with van der Waals surface area (Å²) < 4.78 is 60.8. The number of sulfonamides is 1. The third kappa shape index (κ3) is 8.77. The SMILES string of the molecule is COc1ccc(C(OC[C@H]2O[C@@H](n3cc(C)c(=O)n(C(=O)OC(C)(C)C)c3=O)C[C@@H]2Oc2ccc(S(=O)(=O)[N+](=O)[O-])cc2)(c2ccccc2)c2ccc(OC)cc2)cc1. The van der Waals surface area contributed by atoms with Crippen molar-refractivity contribution < 1.29 is 46.0 Å². The molecule has 1 saturated heterocycles. The Morgan fingerprint density at radius 1 is 0.831 bits per heavy atom. The smallest absolute Gasteiger partial charge is 0.448 e. The Hall–Kier alpha value is -6.30. The number of nitro groups is 1. The molecule has 1 aromatic heterocycles. The molecule has 3 atom stereocenters. The van der Waals surface area contributed by atoms with Gasteiger partial charge in [-0.1, -0.05) is 54.6 Å². The minimum atomic E-state index is -4.82. The molecule has 0 N–H and O–H groups in total. The number of rotatable bonds is 13. The normalized spacial score (nSPS) is 16.9. The molecule has 16 nitrogen and oxygen atoms in total. The average molecular weight is 830 g/mol. The van der Waals surface area contributed by atoms with Crippen LogP contribution < -0.4 is 25.5 Å². The van der Waals surface area contributed by atoms with Crippen molar-refractivity contribution in [1.29, 1.82) is 0 Å². The summed E-state index contributed by atoms with van der Waals surface area (Å²) in [5.74, 6) is 1.37. The van der Waals surface area contributed by atoms with E-state index < -0.39 is 66.2 Å². The van der Waals surface area contributed by atoms with Crippen LogP contribution in [0, 0.1) is 17.0 Å². The van der Waals surface area contributed by atoms with Crippen molar-refractivity contribution in [3.63, 3.8) is 0 Å². The summed E-state index contributed by atoms with van der Waals surface area (Å²) in [6.45, 7) is 6.07. The number of aromatic nitrogens is 2. The van der Waals surface area contributed by atoms with Crippen LogP contribution in [-0.2, 0) is 29.8 Å². The lowest BCUT2D eigenvalue weighted by atomic mass is 9.80. The number of aryl methyl sites for hydroxylation is 1. The molecule has 0 bridgehead atoms. The number of ether oxygens (including phenoxy) is 6. The molecular weight excluding hydrogens is 787 g/mol. The summed E-state index contributed by atoms with van der Waals surface area (Å²) >= 11 is 0. The molecular formula is C42H43N3O13S. The lowest BCUT2D eigenvalue weighted by Gasteiger charge is -2.37. The number of hydrogen-bond acceptors (Lipinski definition) is 13. The first kappa shape index (κ1) is 42.3. The van der Waals surface area contributed by atoms with Gasteiger partial charge in [0.05, 0.1) is 20.8 Å². The second-order valence-electron chi connectivity index (χ2n) is 14.6. The van der Waals surface area contributed by atoms with Gasteiger partial charge >= 0.3 is 21.8 Å². The maximum Gasteiger partial charge on any atom is 0.448 e. The van der Waals surface area contributed by atoms with Crippen LogP contribution in [0.3, 0.4) is 0 Å². The number of benzene rings is 4. The Balaban J connectivity index is 1.45. The minimum Gasteiger partial charge on any atom is -0.497 e. The molecule has 0 radical (unpaired) electrons. The van der Waals surface area contributed by atoms with Gasteiger partial charge in [-0.25, -0.2) is 19.7 Å². The zero-order valence-corrected chi connectivity index (χ0v) is 33.9. The number of nitrogens with zero attached hydrogens (tertiary/aromatic N) is 3. The van der Waals surface area contributed by atoms with Crippen LogP contribution in [-0.4, -0.2) is 66.6 Å². The number of methoxy groups -OCH3 is 2. The summed E-state index contributed by atoms with van der Waals surface area (Å²) in [5, 5.41) is 11.2. The van der Waals surface area contributed by atoms with Crippen molar-refractivity contribution >= 4 is 16.1 Å². The van der Waals surface area contributed by atoms with Gasteiger partial charge in [0.25, 0.3) is 5.56 Å². The summed E-state index contributed by atoms with van der Waals surface area (Å²) in [7, 11) is -1.69.